The van der Waals surface area contributed by atoms with Gasteiger partial charge in [0.1, 0.15) is 11.6 Å². The van der Waals surface area contributed by atoms with E-state index in [-0.39, 0.29) is 5.82 Å². The predicted octanol–water partition coefficient (Wildman–Crippen LogP) is 3.91. The monoisotopic (exact) mass is 281 g/mol. The molecule has 1 aromatic heterocycles. The molecule has 0 aliphatic heterocycles. The zero-order valence-electron chi connectivity index (χ0n) is 8.36. The summed E-state index contributed by atoms with van der Waals surface area (Å²) in [7, 11) is 0. The van der Waals surface area contributed by atoms with Gasteiger partial charge in [-0.1, -0.05) is 28.1 Å². The van der Waals surface area contributed by atoms with E-state index in [0.717, 1.165) is 5.56 Å². The molecular weight excluding hydrogens is 273 g/mol. The number of benzene rings is 1. The van der Waals surface area contributed by atoms with Crippen molar-refractivity contribution in [3.63, 3.8) is 0 Å². The third-order valence-corrected chi connectivity index (χ3v) is 2.61. The second kappa shape index (κ2) is 5.07. The quantitative estimate of drug-likeness (QED) is 0.796. The minimum atomic E-state index is -0.325. The van der Waals surface area contributed by atoms with Gasteiger partial charge in [0.25, 0.3) is 0 Å². The van der Waals surface area contributed by atoms with Crippen molar-refractivity contribution in [2.75, 3.05) is 0 Å². The smallest absolute Gasteiger partial charge is 0.223 e. The Labute approximate surface area is 101 Å². The van der Waals surface area contributed by atoms with Gasteiger partial charge in [0.15, 0.2) is 0 Å². The van der Waals surface area contributed by atoms with Crippen LogP contribution in [0.5, 0.6) is 11.6 Å². The highest BCUT2D eigenvalue weighted by Crippen LogP contribution is 2.24. The molecule has 0 unspecified atom stereocenters. The first-order chi connectivity index (χ1) is 7.79. The molecule has 1 heterocycles. The van der Waals surface area contributed by atoms with Gasteiger partial charge in [-0.15, -0.1) is 0 Å². The second-order valence-corrected chi connectivity index (χ2v) is 3.72. The molecule has 1 aromatic carbocycles. The average molecular weight is 282 g/mol. The zero-order chi connectivity index (χ0) is 11.4. The molecule has 0 bridgehead atoms. The molecule has 0 radical (unpaired) electrons. The molecule has 16 heavy (non-hydrogen) atoms. The fourth-order valence-electron chi connectivity index (χ4n) is 1.26. The van der Waals surface area contributed by atoms with E-state index in [1.807, 2.05) is 12.1 Å². The zero-order valence-corrected chi connectivity index (χ0v) is 9.95. The third-order valence-electron chi connectivity index (χ3n) is 2.00. The molecule has 82 valence electrons. The van der Waals surface area contributed by atoms with Crippen LogP contribution in [-0.4, -0.2) is 4.98 Å². The lowest BCUT2D eigenvalue weighted by molar-refractivity contribution is 0.454. The topological polar surface area (TPSA) is 22.1 Å². The average Bonchev–Trinajstić information content (AvgIpc) is 2.30. The number of aromatic nitrogens is 1. The van der Waals surface area contributed by atoms with Crippen LogP contribution in [0.1, 0.15) is 5.56 Å². The Balaban J connectivity index is 2.26. The Hall–Kier alpha value is -1.42. The van der Waals surface area contributed by atoms with Crippen molar-refractivity contribution in [3.05, 3.63) is 54.0 Å². The van der Waals surface area contributed by atoms with Crippen LogP contribution < -0.4 is 4.74 Å². The lowest BCUT2D eigenvalue weighted by atomic mass is 10.3. The van der Waals surface area contributed by atoms with Crippen molar-refractivity contribution in [3.8, 4) is 11.6 Å². The van der Waals surface area contributed by atoms with E-state index in [4.69, 9.17) is 4.74 Å². The Morgan fingerprint density at radius 2 is 2.12 bits per heavy atom. The van der Waals surface area contributed by atoms with E-state index < -0.39 is 0 Å². The van der Waals surface area contributed by atoms with Gasteiger partial charge in [-0.2, -0.15) is 0 Å². The number of alkyl halides is 1. The van der Waals surface area contributed by atoms with E-state index in [0.29, 0.717) is 17.0 Å². The van der Waals surface area contributed by atoms with Gasteiger partial charge < -0.3 is 4.74 Å². The molecule has 2 nitrogen and oxygen atoms in total. The minimum absolute atomic E-state index is 0.325. The van der Waals surface area contributed by atoms with Crippen molar-refractivity contribution >= 4 is 15.9 Å². The Bertz CT molecular complexity index is 490. The maximum absolute atomic E-state index is 12.9. The fraction of sp³-hybridized carbons (Fsp3) is 0.0833. The van der Waals surface area contributed by atoms with Crippen LogP contribution in [-0.2, 0) is 5.33 Å². The molecule has 4 heteroatoms. The van der Waals surface area contributed by atoms with Crippen LogP contribution in [0.3, 0.4) is 0 Å². The van der Waals surface area contributed by atoms with Crippen LogP contribution in [0, 0.1) is 5.82 Å². The molecule has 0 spiro atoms. The Kier molecular flexibility index (Phi) is 3.51. The SMILES string of the molecule is Fc1cccc(Oc2ncccc2CBr)c1. The summed E-state index contributed by atoms with van der Waals surface area (Å²) in [5, 5.41) is 0.644. The predicted molar refractivity (Wildman–Crippen MR) is 63.3 cm³/mol. The highest BCUT2D eigenvalue weighted by atomic mass is 79.9. The Morgan fingerprint density at radius 1 is 1.25 bits per heavy atom. The van der Waals surface area contributed by atoms with Crippen LogP contribution in [0.15, 0.2) is 42.6 Å². The number of nitrogens with zero attached hydrogens (tertiary/aromatic N) is 1. The maximum Gasteiger partial charge on any atom is 0.223 e. The summed E-state index contributed by atoms with van der Waals surface area (Å²) in [6.45, 7) is 0. The van der Waals surface area contributed by atoms with Crippen LogP contribution in [0.2, 0.25) is 0 Å². The first kappa shape index (κ1) is 11.1. The molecule has 2 rings (SSSR count). The van der Waals surface area contributed by atoms with Crippen molar-refractivity contribution in [2.24, 2.45) is 0 Å². The summed E-state index contributed by atoms with van der Waals surface area (Å²) in [4.78, 5) is 4.10. The molecule has 2 aromatic rings. The third kappa shape index (κ3) is 2.58. The van der Waals surface area contributed by atoms with E-state index in [2.05, 4.69) is 20.9 Å². The molecule has 0 fully saturated rings. The van der Waals surface area contributed by atoms with Gasteiger partial charge in [-0.05, 0) is 18.2 Å². The molecule has 0 amide bonds. The minimum Gasteiger partial charge on any atom is -0.439 e. The summed E-state index contributed by atoms with van der Waals surface area (Å²) in [5.74, 6) is 0.611. The summed E-state index contributed by atoms with van der Waals surface area (Å²) >= 11 is 3.34. The van der Waals surface area contributed by atoms with Gasteiger partial charge >= 0.3 is 0 Å². The van der Waals surface area contributed by atoms with Gasteiger partial charge in [0.05, 0.1) is 0 Å². The number of pyridine rings is 1. The fourth-order valence-corrected chi connectivity index (χ4v) is 1.69. The number of hydrogen-bond donors (Lipinski definition) is 0. The lowest BCUT2D eigenvalue weighted by Crippen LogP contribution is -1.92. The van der Waals surface area contributed by atoms with Crippen molar-refractivity contribution in [1.82, 2.24) is 4.98 Å². The lowest BCUT2D eigenvalue weighted by Gasteiger charge is -2.07. The first-order valence-corrected chi connectivity index (χ1v) is 5.85. The molecule has 0 saturated carbocycles. The van der Waals surface area contributed by atoms with E-state index in [9.17, 15) is 4.39 Å². The van der Waals surface area contributed by atoms with Gasteiger partial charge in [-0.25, -0.2) is 9.37 Å². The second-order valence-electron chi connectivity index (χ2n) is 3.16. The highest BCUT2D eigenvalue weighted by Gasteiger charge is 2.04. The molecular formula is C12H9BrFNO. The molecule has 0 aliphatic carbocycles. The molecule has 0 N–H and O–H groups in total. The standard InChI is InChI=1S/C12H9BrFNO/c13-8-9-3-2-6-15-12(9)16-11-5-1-4-10(14)7-11/h1-7H,8H2. The van der Waals surface area contributed by atoms with Gasteiger partial charge in [-0.3, -0.25) is 0 Å². The van der Waals surface area contributed by atoms with Crippen molar-refractivity contribution < 1.29 is 9.13 Å². The normalized spacial score (nSPS) is 10.1. The van der Waals surface area contributed by atoms with Crippen molar-refractivity contribution in [1.29, 1.82) is 0 Å². The summed E-state index contributed by atoms with van der Waals surface area (Å²) < 4.78 is 18.4. The van der Waals surface area contributed by atoms with Gasteiger partial charge in [0.2, 0.25) is 5.88 Å². The van der Waals surface area contributed by atoms with Crippen LogP contribution >= 0.6 is 15.9 Å². The van der Waals surface area contributed by atoms with Gasteiger partial charge in [0, 0.05) is 23.2 Å². The summed E-state index contributed by atoms with van der Waals surface area (Å²) in [5.41, 5.74) is 0.923. The first-order valence-electron chi connectivity index (χ1n) is 4.73. The largest absolute Gasteiger partial charge is 0.439 e. The van der Waals surface area contributed by atoms with Crippen molar-refractivity contribution in [2.45, 2.75) is 5.33 Å². The van der Waals surface area contributed by atoms with E-state index >= 15 is 0 Å². The number of hydrogen-bond acceptors (Lipinski definition) is 2. The highest BCUT2D eigenvalue weighted by molar-refractivity contribution is 9.08. The summed E-state index contributed by atoms with van der Waals surface area (Å²) in [6, 6.07) is 9.71. The van der Waals surface area contributed by atoms with Crippen LogP contribution in [0.4, 0.5) is 4.39 Å². The van der Waals surface area contributed by atoms with E-state index in [1.54, 1.807) is 18.3 Å². The number of ether oxygens (including phenoxy) is 1. The van der Waals surface area contributed by atoms with Crippen LogP contribution in [0.25, 0.3) is 0 Å². The number of halogens is 2. The van der Waals surface area contributed by atoms with E-state index in [1.165, 1.54) is 12.1 Å². The molecule has 0 atom stereocenters. The molecule has 0 saturated heterocycles. The summed E-state index contributed by atoms with van der Waals surface area (Å²) in [6.07, 6.45) is 1.64. The maximum atomic E-state index is 12.9. The molecule has 0 aliphatic rings. The Morgan fingerprint density at radius 3 is 2.88 bits per heavy atom. The number of rotatable bonds is 3.